The number of halogens is 2. The van der Waals surface area contributed by atoms with Crippen molar-refractivity contribution in [1.29, 1.82) is 0 Å². The zero-order valence-electron chi connectivity index (χ0n) is 8.87. The Kier molecular flexibility index (Phi) is 4.37. The van der Waals surface area contributed by atoms with E-state index in [1.807, 2.05) is 0 Å². The number of hydrogen-bond donors (Lipinski definition) is 1. The first kappa shape index (κ1) is 12.6. The summed E-state index contributed by atoms with van der Waals surface area (Å²) in [5.41, 5.74) is 5.68. The predicted octanol–water partition coefficient (Wildman–Crippen LogP) is 1.40. The van der Waals surface area contributed by atoms with Gasteiger partial charge in [0.25, 0.3) is 0 Å². The second-order valence-corrected chi connectivity index (χ2v) is 3.40. The number of benzene rings is 1. The van der Waals surface area contributed by atoms with Crippen molar-refractivity contribution in [3.05, 3.63) is 35.4 Å². The summed E-state index contributed by atoms with van der Waals surface area (Å²) in [4.78, 5) is 11.0. The molecule has 1 atom stereocenters. The molecule has 0 saturated carbocycles. The topological polar surface area (TPSA) is 52.3 Å². The second kappa shape index (κ2) is 5.55. The molecule has 0 fully saturated rings. The molecule has 0 amide bonds. The fraction of sp³-hybridized carbons (Fsp3) is 0.364. The lowest BCUT2D eigenvalue weighted by Gasteiger charge is -2.09. The monoisotopic (exact) mass is 229 g/mol. The molecule has 1 aromatic carbocycles. The van der Waals surface area contributed by atoms with Gasteiger partial charge in [-0.15, -0.1) is 0 Å². The summed E-state index contributed by atoms with van der Waals surface area (Å²) in [7, 11) is 1.23. The molecule has 0 aliphatic carbocycles. The quantitative estimate of drug-likeness (QED) is 0.794. The van der Waals surface area contributed by atoms with Crippen molar-refractivity contribution in [2.24, 2.45) is 5.73 Å². The Labute approximate surface area is 92.2 Å². The van der Waals surface area contributed by atoms with Gasteiger partial charge in [-0.3, -0.25) is 4.79 Å². The van der Waals surface area contributed by atoms with Crippen LogP contribution < -0.4 is 5.73 Å². The largest absolute Gasteiger partial charge is 0.468 e. The van der Waals surface area contributed by atoms with Crippen LogP contribution in [0.25, 0.3) is 0 Å². The van der Waals surface area contributed by atoms with Crippen LogP contribution in [0.2, 0.25) is 0 Å². The van der Waals surface area contributed by atoms with E-state index in [2.05, 4.69) is 4.74 Å². The van der Waals surface area contributed by atoms with Gasteiger partial charge in [0.1, 0.15) is 17.7 Å². The van der Waals surface area contributed by atoms with E-state index in [9.17, 15) is 13.6 Å². The highest BCUT2D eigenvalue weighted by Crippen LogP contribution is 2.12. The highest BCUT2D eigenvalue weighted by atomic mass is 19.1. The first-order valence-electron chi connectivity index (χ1n) is 4.82. The number of carbonyl (C=O) groups is 1. The molecule has 16 heavy (non-hydrogen) atoms. The Balaban J connectivity index is 2.60. The first-order valence-corrected chi connectivity index (χ1v) is 4.82. The van der Waals surface area contributed by atoms with Crippen molar-refractivity contribution in [3.63, 3.8) is 0 Å². The molecular weight excluding hydrogens is 216 g/mol. The maximum atomic E-state index is 13.2. The average molecular weight is 229 g/mol. The Morgan fingerprint density at radius 2 is 2.19 bits per heavy atom. The number of rotatable bonds is 4. The van der Waals surface area contributed by atoms with E-state index in [1.165, 1.54) is 7.11 Å². The number of methoxy groups -OCH3 is 1. The van der Waals surface area contributed by atoms with Crippen molar-refractivity contribution in [2.75, 3.05) is 7.11 Å². The third-order valence-corrected chi connectivity index (χ3v) is 2.24. The van der Waals surface area contributed by atoms with Crippen LogP contribution in [0, 0.1) is 11.6 Å². The summed E-state index contributed by atoms with van der Waals surface area (Å²) in [5.74, 6) is -1.57. The summed E-state index contributed by atoms with van der Waals surface area (Å²) < 4.78 is 30.4. The lowest BCUT2D eigenvalue weighted by Crippen LogP contribution is -2.32. The van der Waals surface area contributed by atoms with Crippen molar-refractivity contribution >= 4 is 5.97 Å². The van der Waals surface area contributed by atoms with Gasteiger partial charge in [0.2, 0.25) is 0 Å². The standard InChI is InChI=1S/C11H13F2NO2/c1-16-11(15)10(14)5-2-7-6-8(12)3-4-9(7)13/h3-4,6,10H,2,5,14H2,1H3. The van der Waals surface area contributed by atoms with E-state index in [4.69, 9.17) is 5.73 Å². The second-order valence-electron chi connectivity index (χ2n) is 3.40. The zero-order valence-corrected chi connectivity index (χ0v) is 8.87. The summed E-state index contributed by atoms with van der Waals surface area (Å²) in [6, 6.07) is 2.37. The van der Waals surface area contributed by atoms with Crippen LogP contribution in [-0.2, 0) is 16.0 Å². The predicted molar refractivity (Wildman–Crippen MR) is 54.7 cm³/mol. The molecule has 0 saturated heterocycles. The molecule has 1 unspecified atom stereocenters. The molecule has 1 rings (SSSR count). The molecule has 2 N–H and O–H groups in total. The van der Waals surface area contributed by atoms with Gasteiger partial charge in [0.05, 0.1) is 7.11 Å². The van der Waals surface area contributed by atoms with E-state index in [0.717, 1.165) is 18.2 Å². The van der Waals surface area contributed by atoms with E-state index in [1.54, 1.807) is 0 Å². The van der Waals surface area contributed by atoms with Crippen molar-refractivity contribution in [2.45, 2.75) is 18.9 Å². The maximum absolute atomic E-state index is 13.2. The Bertz CT molecular complexity index is 382. The average Bonchev–Trinajstić information content (AvgIpc) is 2.28. The highest BCUT2D eigenvalue weighted by molar-refractivity contribution is 5.75. The lowest BCUT2D eigenvalue weighted by molar-refractivity contribution is -0.142. The Hall–Kier alpha value is -1.49. The SMILES string of the molecule is COC(=O)C(N)CCc1cc(F)ccc1F. The normalized spacial score (nSPS) is 12.2. The fourth-order valence-corrected chi connectivity index (χ4v) is 1.32. The van der Waals surface area contributed by atoms with Crippen LogP contribution in [0.4, 0.5) is 8.78 Å². The van der Waals surface area contributed by atoms with Gasteiger partial charge in [-0.1, -0.05) is 0 Å². The van der Waals surface area contributed by atoms with Gasteiger partial charge in [-0.05, 0) is 36.6 Å². The first-order chi connectivity index (χ1) is 7.54. The highest BCUT2D eigenvalue weighted by Gasteiger charge is 2.14. The summed E-state index contributed by atoms with van der Waals surface area (Å²) >= 11 is 0. The van der Waals surface area contributed by atoms with E-state index in [0.29, 0.717) is 0 Å². The summed E-state index contributed by atoms with van der Waals surface area (Å²) in [6.07, 6.45) is 0.410. The maximum Gasteiger partial charge on any atom is 0.322 e. The number of esters is 1. The molecule has 3 nitrogen and oxygen atoms in total. The molecule has 0 aliphatic heterocycles. The molecule has 0 spiro atoms. The van der Waals surface area contributed by atoms with E-state index < -0.39 is 23.6 Å². The summed E-state index contributed by atoms with van der Waals surface area (Å²) in [5, 5.41) is 0. The minimum Gasteiger partial charge on any atom is -0.468 e. The minimum absolute atomic E-state index is 0.194. The van der Waals surface area contributed by atoms with E-state index in [-0.39, 0.29) is 18.4 Å². The molecule has 88 valence electrons. The molecule has 0 radical (unpaired) electrons. The molecular formula is C11H13F2NO2. The van der Waals surface area contributed by atoms with Gasteiger partial charge in [-0.25, -0.2) is 8.78 Å². The van der Waals surface area contributed by atoms with Crippen LogP contribution in [0.3, 0.4) is 0 Å². The van der Waals surface area contributed by atoms with Gasteiger partial charge < -0.3 is 10.5 Å². The van der Waals surface area contributed by atoms with Crippen molar-refractivity contribution in [1.82, 2.24) is 0 Å². The lowest BCUT2D eigenvalue weighted by atomic mass is 10.1. The number of carbonyl (C=O) groups excluding carboxylic acids is 1. The number of nitrogens with two attached hydrogens (primary N) is 1. The third-order valence-electron chi connectivity index (χ3n) is 2.24. The fourth-order valence-electron chi connectivity index (χ4n) is 1.32. The minimum atomic E-state index is -0.812. The van der Waals surface area contributed by atoms with Crippen LogP contribution in [0.1, 0.15) is 12.0 Å². The van der Waals surface area contributed by atoms with E-state index >= 15 is 0 Å². The molecule has 0 aliphatic rings. The Morgan fingerprint density at radius 3 is 2.81 bits per heavy atom. The van der Waals surface area contributed by atoms with Crippen LogP contribution in [0.5, 0.6) is 0 Å². The zero-order chi connectivity index (χ0) is 12.1. The number of aryl methyl sites for hydroxylation is 1. The van der Waals surface area contributed by atoms with Gasteiger partial charge in [-0.2, -0.15) is 0 Å². The molecule has 0 bridgehead atoms. The molecule has 1 aromatic rings. The number of hydrogen-bond acceptors (Lipinski definition) is 3. The molecule has 5 heteroatoms. The van der Waals surface area contributed by atoms with Crippen LogP contribution in [0.15, 0.2) is 18.2 Å². The van der Waals surface area contributed by atoms with Crippen molar-refractivity contribution in [3.8, 4) is 0 Å². The Morgan fingerprint density at radius 1 is 1.50 bits per heavy atom. The molecule has 0 heterocycles. The van der Waals surface area contributed by atoms with Gasteiger partial charge in [0, 0.05) is 0 Å². The summed E-state index contributed by atoms with van der Waals surface area (Å²) in [6.45, 7) is 0. The smallest absolute Gasteiger partial charge is 0.322 e. The number of ether oxygens (including phenoxy) is 1. The van der Waals surface area contributed by atoms with Gasteiger partial charge >= 0.3 is 5.97 Å². The van der Waals surface area contributed by atoms with Crippen LogP contribution in [-0.4, -0.2) is 19.1 Å². The van der Waals surface area contributed by atoms with Crippen LogP contribution >= 0.6 is 0 Å². The van der Waals surface area contributed by atoms with Crippen molar-refractivity contribution < 1.29 is 18.3 Å². The third kappa shape index (κ3) is 3.27. The van der Waals surface area contributed by atoms with Gasteiger partial charge in [0.15, 0.2) is 0 Å². The molecule has 0 aromatic heterocycles.